The molecule has 0 aliphatic carbocycles. The Labute approximate surface area is 196 Å². The number of carboxylic acids is 1. The Bertz CT molecular complexity index is 1120. The maximum Gasteiger partial charge on any atom is 0.352 e. The number of carboxylic acid groups (broad SMARTS) is 1. The molecule has 4 rings (SSSR count). The number of methoxy groups -OCH3 is 1. The highest BCUT2D eigenvalue weighted by Gasteiger charge is 2.66. The average Bonchev–Trinajstić information content (AvgIpc) is 3.24. The van der Waals surface area contributed by atoms with E-state index in [0.29, 0.717) is 22.0 Å². The molecule has 2 aliphatic heterocycles. The van der Waals surface area contributed by atoms with Crippen molar-refractivity contribution in [3.8, 4) is 0 Å². The Morgan fingerprint density at radius 3 is 2.76 bits per heavy atom. The molecule has 33 heavy (non-hydrogen) atoms. The van der Waals surface area contributed by atoms with Crippen LogP contribution in [0.4, 0.5) is 0 Å². The second kappa shape index (κ2) is 9.13. The SMILES string of the molecule is CO[C@@]1(NC(=O)C(N)c2ccccc2)C(=O)N2C(C(=O)O)=C(CSc3nnnn3C)CSC21. The van der Waals surface area contributed by atoms with E-state index in [4.69, 9.17) is 10.5 Å². The van der Waals surface area contributed by atoms with E-state index in [-0.39, 0.29) is 11.4 Å². The van der Waals surface area contributed by atoms with E-state index in [0.717, 1.165) is 4.90 Å². The Morgan fingerprint density at radius 1 is 1.42 bits per heavy atom. The fourth-order valence-electron chi connectivity index (χ4n) is 3.62. The molecule has 0 bridgehead atoms. The van der Waals surface area contributed by atoms with E-state index in [1.165, 1.54) is 35.3 Å². The molecule has 3 atom stereocenters. The number of aliphatic carboxylic acids is 1. The number of carbonyl (C=O) groups is 3. The van der Waals surface area contributed by atoms with Crippen molar-refractivity contribution in [2.45, 2.75) is 22.3 Å². The molecular weight excluding hydrogens is 470 g/mol. The number of nitrogens with two attached hydrogens (primary N) is 1. The second-order valence-corrected chi connectivity index (χ2v) is 9.30. The van der Waals surface area contributed by atoms with E-state index in [1.54, 1.807) is 37.4 Å². The number of rotatable bonds is 8. The lowest BCUT2D eigenvalue weighted by Gasteiger charge is -2.56. The van der Waals surface area contributed by atoms with Gasteiger partial charge in [0.25, 0.3) is 11.6 Å². The Morgan fingerprint density at radius 2 is 2.15 bits per heavy atom. The molecule has 2 amide bonds. The van der Waals surface area contributed by atoms with E-state index in [1.807, 2.05) is 0 Å². The van der Waals surface area contributed by atoms with Crippen LogP contribution in [0.5, 0.6) is 0 Å². The molecule has 0 spiro atoms. The first kappa shape index (κ1) is 23.2. The number of amides is 2. The third-order valence-electron chi connectivity index (χ3n) is 5.34. The lowest BCUT2D eigenvalue weighted by molar-refractivity contribution is -0.192. The van der Waals surface area contributed by atoms with Gasteiger partial charge in [-0.05, 0) is 21.6 Å². The standard InChI is InChI=1S/C19H21N7O5S2/c1-25-18(22-23-24-25)33-9-11-8-32-17-19(31-2,16(30)26(17)13(11)15(28)29)21-14(27)12(20)10-6-4-3-5-7-10/h3-7,12,17H,8-9,20H2,1-2H3,(H,21,27)(H,28,29)/t12?,17?,19-/m0/s1. The monoisotopic (exact) mass is 491 g/mol. The fourth-order valence-corrected chi connectivity index (χ4v) is 6.05. The minimum absolute atomic E-state index is 0.124. The molecule has 1 fully saturated rings. The largest absolute Gasteiger partial charge is 0.477 e. The quantitative estimate of drug-likeness (QED) is 0.252. The molecule has 0 radical (unpaired) electrons. The summed E-state index contributed by atoms with van der Waals surface area (Å²) in [5, 5.41) is 23.4. The average molecular weight is 492 g/mol. The summed E-state index contributed by atoms with van der Waals surface area (Å²) < 4.78 is 6.93. The van der Waals surface area contributed by atoms with Crippen LogP contribution in [0.2, 0.25) is 0 Å². The predicted octanol–water partition coefficient (Wildman–Crippen LogP) is -0.285. The van der Waals surface area contributed by atoms with Crippen LogP contribution in [0.25, 0.3) is 0 Å². The first-order chi connectivity index (χ1) is 15.8. The number of carbonyl (C=O) groups excluding carboxylic acids is 2. The zero-order chi connectivity index (χ0) is 23.8. The van der Waals surface area contributed by atoms with Gasteiger partial charge in [0, 0.05) is 25.7 Å². The summed E-state index contributed by atoms with van der Waals surface area (Å²) in [6, 6.07) is 7.69. The molecule has 12 nitrogen and oxygen atoms in total. The van der Waals surface area contributed by atoms with Gasteiger partial charge < -0.3 is 20.9 Å². The summed E-state index contributed by atoms with van der Waals surface area (Å²) in [5.74, 6) is -1.91. The third kappa shape index (κ3) is 3.99. The van der Waals surface area contributed by atoms with Gasteiger partial charge in [0.2, 0.25) is 11.1 Å². The number of aryl methyl sites for hydroxylation is 1. The molecule has 14 heteroatoms. The molecule has 2 aromatic rings. The maximum absolute atomic E-state index is 13.2. The van der Waals surface area contributed by atoms with Crippen LogP contribution in [0.3, 0.4) is 0 Å². The van der Waals surface area contributed by atoms with E-state index < -0.39 is 34.9 Å². The number of hydrogen-bond acceptors (Lipinski definition) is 10. The first-order valence-electron chi connectivity index (χ1n) is 9.73. The lowest BCUT2D eigenvalue weighted by atomic mass is 9.97. The van der Waals surface area contributed by atoms with Gasteiger partial charge in [-0.1, -0.05) is 42.1 Å². The smallest absolute Gasteiger partial charge is 0.352 e. The molecule has 1 saturated heterocycles. The number of aromatic nitrogens is 4. The molecule has 2 unspecified atom stereocenters. The number of nitrogens with zero attached hydrogens (tertiary/aromatic N) is 5. The molecular formula is C19H21N7O5S2. The van der Waals surface area contributed by atoms with Crippen LogP contribution in [-0.4, -0.2) is 77.7 Å². The van der Waals surface area contributed by atoms with Gasteiger partial charge in [-0.25, -0.2) is 9.48 Å². The summed E-state index contributed by atoms with van der Waals surface area (Å²) in [4.78, 5) is 39.2. The van der Waals surface area contributed by atoms with Crippen LogP contribution in [0, 0.1) is 0 Å². The Hall–Kier alpha value is -2.94. The molecule has 1 aromatic carbocycles. The minimum atomic E-state index is -1.71. The van der Waals surface area contributed by atoms with Gasteiger partial charge in [-0.15, -0.1) is 16.9 Å². The molecule has 1 aromatic heterocycles. The minimum Gasteiger partial charge on any atom is -0.477 e. The summed E-state index contributed by atoms with van der Waals surface area (Å²) in [5.41, 5.74) is 5.35. The molecule has 3 heterocycles. The van der Waals surface area contributed by atoms with E-state index >= 15 is 0 Å². The third-order valence-corrected chi connectivity index (χ3v) is 7.81. The topological polar surface area (TPSA) is 166 Å². The van der Waals surface area contributed by atoms with Crippen molar-refractivity contribution in [2.24, 2.45) is 12.8 Å². The molecule has 174 valence electrons. The van der Waals surface area contributed by atoms with Gasteiger partial charge in [0.1, 0.15) is 17.1 Å². The number of ether oxygens (including phenoxy) is 1. The Balaban J connectivity index is 1.55. The van der Waals surface area contributed by atoms with E-state index in [9.17, 15) is 19.5 Å². The number of thioether (sulfide) groups is 2. The molecule has 2 aliphatic rings. The van der Waals surface area contributed by atoms with Gasteiger partial charge in [-0.3, -0.25) is 14.5 Å². The summed E-state index contributed by atoms with van der Waals surface area (Å²) in [6.45, 7) is 0. The molecule has 0 saturated carbocycles. The van der Waals surface area contributed by atoms with Crippen molar-refractivity contribution in [3.63, 3.8) is 0 Å². The second-order valence-electron chi connectivity index (χ2n) is 7.29. The number of fused-ring (bicyclic) bond motifs is 1. The Kier molecular flexibility index (Phi) is 6.43. The number of nitrogens with one attached hydrogen (secondary N) is 1. The van der Waals surface area contributed by atoms with Crippen molar-refractivity contribution in [3.05, 3.63) is 47.2 Å². The molecule has 4 N–H and O–H groups in total. The summed E-state index contributed by atoms with van der Waals surface area (Å²) in [6.07, 6.45) is 0. The van der Waals surface area contributed by atoms with Crippen molar-refractivity contribution in [2.75, 3.05) is 18.6 Å². The van der Waals surface area contributed by atoms with E-state index in [2.05, 4.69) is 20.8 Å². The van der Waals surface area contributed by atoms with Crippen molar-refractivity contribution < 1.29 is 24.2 Å². The number of tetrazole rings is 1. The van der Waals surface area contributed by atoms with Crippen LogP contribution < -0.4 is 11.1 Å². The van der Waals surface area contributed by atoms with Crippen molar-refractivity contribution >= 4 is 41.3 Å². The van der Waals surface area contributed by atoms with Crippen LogP contribution in [0.15, 0.2) is 46.8 Å². The lowest BCUT2D eigenvalue weighted by Crippen LogP contribution is -2.81. The predicted molar refractivity (Wildman–Crippen MR) is 119 cm³/mol. The zero-order valence-electron chi connectivity index (χ0n) is 17.7. The van der Waals surface area contributed by atoms with Crippen LogP contribution >= 0.6 is 23.5 Å². The van der Waals surface area contributed by atoms with Gasteiger partial charge >= 0.3 is 5.97 Å². The highest BCUT2D eigenvalue weighted by molar-refractivity contribution is 8.01. The van der Waals surface area contributed by atoms with Crippen LogP contribution in [0.1, 0.15) is 11.6 Å². The summed E-state index contributed by atoms with van der Waals surface area (Å²) >= 11 is 2.56. The number of benzene rings is 1. The zero-order valence-corrected chi connectivity index (χ0v) is 19.3. The number of β-lactam (4-membered cyclic amide) rings is 1. The van der Waals surface area contributed by atoms with Crippen molar-refractivity contribution in [1.29, 1.82) is 0 Å². The number of hydrogen-bond donors (Lipinski definition) is 3. The van der Waals surface area contributed by atoms with Crippen molar-refractivity contribution in [1.82, 2.24) is 30.4 Å². The fraction of sp³-hybridized carbons (Fsp3) is 0.368. The first-order valence-corrected chi connectivity index (χ1v) is 11.8. The normalized spacial score (nSPS) is 23.1. The van der Waals surface area contributed by atoms with Crippen LogP contribution in [-0.2, 0) is 26.2 Å². The van der Waals surface area contributed by atoms with Gasteiger partial charge in [0.15, 0.2) is 0 Å². The highest BCUT2D eigenvalue weighted by atomic mass is 32.2. The highest BCUT2D eigenvalue weighted by Crippen LogP contribution is 2.47. The summed E-state index contributed by atoms with van der Waals surface area (Å²) in [7, 11) is 2.97. The maximum atomic E-state index is 13.2. The van der Waals surface area contributed by atoms with Gasteiger partial charge in [0.05, 0.1) is 0 Å². The van der Waals surface area contributed by atoms with Gasteiger partial charge in [-0.2, -0.15) is 0 Å².